The first-order valence-electron chi connectivity index (χ1n) is 7.14. The first-order chi connectivity index (χ1) is 10.7. The van der Waals surface area contributed by atoms with Crippen LogP contribution in [0, 0.1) is 0 Å². The third-order valence-electron chi connectivity index (χ3n) is 3.49. The number of fused-ring (bicyclic) bond motifs is 1. The molecule has 0 unspecified atom stereocenters. The second-order valence-electron chi connectivity index (χ2n) is 4.97. The average Bonchev–Trinajstić information content (AvgIpc) is 2.53. The van der Waals surface area contributed by atoms with Crippen molar-refractivity contribution in [1.82, 2.24) is 0 Å². The Kier molecular flexibility index (Phi) is 4.20. The van der Waals surface area contributed by atoms with E-state index in [4.69, 9.17) is 4.42 Å². The van der Waals surface area contributed by atoms with Crippen LogP contribution in [-0.2, 0) is 6.42 Å². The van der Waals surface area contributed by atoms with Gasteiger partial charge in [0.25, 0.3) is 0 Å². The fourth-order valence-corrected chi connectivity index (χ4v) is 3.06. The van der Waals surface area contributed by atoms with Crippen molar-refractivity contribution in [3.8, 4) is 5.75 Å². The summed E-state index contributed by atoms with van der Waals surface area (Å²) in [5, 5.41) is 10.9. The van der Waals surface area contributed by atoms with Gasteiger partial charge < -0.3 is 9.52 Å². The Morgan fingerprint density at radius 2 is 1.82 bits per heavy atom. The highest BCUT2D eigenvalue weighted by atomic mass is 32.2. The van der Waals surface area contributed by atoms with Crippen molar-refractivity contribution in [2.24, 2.45) is 0 Å². The van der Waals surface area contributed by atoms with Crippen LogP contribution >= 0.6 is 11.8 Å². The van der Waals surface area contributed by atoms with Gasteiger partial charge in [-0.3, -0.25) is 0 Å². The molecule has 0 saturated heterocycles. The van der Waals surface area contributed by atoms with Crippen molar-refractivity contribution in [3.05, 3.63) is 70.1 Å². The van der Waals surface area contributed by atoms with Crippen LogP contribution in [0.2, 0.25) is 0 Å². The molecular weight excluding hydrogens is 296 g/mol. The molecule has 0 bridgehead atoms. The molecule has 0 radical (unpaired) electrons. The third-order valence-corrected chi connectivity index (χ3v) is 4.39. The Morgan fingerprint density at radius 1 is 1.09 bits per heavy atom. The van der Waals surface area contributed by atoms with Crippen molar-refractivity contribution in [3.63, 3.8) is 0 Å². The lowest BCUT2D eigenvalue weighted by Crippen LogP contribution is -2.08. The molecule has 2 aromatic carbocycles. The van der Waals surface area contributed by atoms with Crippen LogP contribution in [0.1, 0.15) is 18.1 Å². The van der Waals surface area contributed by atoms with Crippen LogP contribution in [0.15, 0.2) is 62.6 Å². The number of benzene rings is 2. The summed E-state index contributed by atoms with van der Waals surface area (Å²) in [4.78, 5) is 13.3. The van der Waals surface area contributed by atoms with Gasteiger partial charge in [0.2, 0.25) is 0 Å². The number of aromatic hydroxyl groups is 1. The monoisotopic (exact) mass is 312 g/mol. The SMILES string of the molecule is CCSc1ccc(Cc2c(O)c3ccccc3oc2=O)cc1. The normalized spacial score (nSPS) is 11.0. The Morgan fingerprint density at radius 3 is 2.55 bits per heavy atom. The standard InChI is InChI=1S/C18H16O3S/c1-2-22-13-9-7-12(8-10-13)11-15-17(19)14-5-3-4-6-16(14)21-18(15)20/h3-10,19H,2,11H2,1H3. The van der Waals surface area contributed by atoms with E-state index in [2.05, 4.69) is 6.92 Å². The van der Waals surface area contributed by atoms with E-state index < -0.39 is 5.63 Å². The maximum absolute atomic E-state index is 12.1. The van der Waals surface area contributed by atoms with Crippen molar-refractivity contribution in [2.45, 2.75) is 18.2 Å². The van der Waals surface area contributed by atoms with Crippen LogP contribution in [0.25, 0.3) is 11.0 Å². The second kappa shape index (κ2) is 6.28. The summed E-state index contributed by atoms with van der Waals surface area (Å²) in [5.74, 6) is 1.04. The van der Waals surface area contributed by atoms with Crippen molar-refractivity contribution >= 4 is 22.7 Å². The van der Waals surface area contributed by atoms with E-state index in [0.29, 0.717) is 23.0 Å². The van der Waals surface area contributed by atoms with E-state index >= 15 is 0 Å². The lowest BCUT2D eigenvalue weighted by atomic mass is 10.0. The Hall–Kier alpha value is -2.20. The van der Waals surface area contributed by atoms with Crippen LogP contribution in [0.3, 0.4) is 0 Å². The number of para-hydroxylation sites is 1. The first kappa shape index (κ1) is 14.7. The number of thioether (sulfide) groups is 1. The highest BCUT2D eigenvalue weighted by Gasteiger charge is 2.14. The number of hydrogen-bond donors (Lipinski definition) is 1. The van der Waals surface area contributed by atoms with E-state index in [1.807, 2.05) is 30.3 Å². The minimum absolute atomic E-state index is 0.0128. The van der Waals surface area contributed by atoms with Gasteiger partial charge in [0.1, 0.15) is 11.3 Å². The highest BCUT2D eigenvalue weighted by molar-refractivity contribution is 7.99. The molecule has 0 aliphatic rings. The van der Waals surface area contributed by atoms with Gasteiger partial charge in [-0.25, -0.2) is 4.79 Å². The molecule has 1 N–H and O–H groups in total. The summed E-state index contributed by atoms with van der Waals surface area (Å²) in [6, 6.07) is 15.0. The lowest BCUT2D eigenvalue weighted by molar-refractivity contribution is 0.458. The fraction of sp³-hybridized carbons (Fsp3) is 0.167. The first-order valence-corrected chi connectivity index (χ1v) is 8.13. The van der Waals surface area contributed by atoms with Crippen molar-refractivity contribution < 1.29 is 9.52 Å². The zero-order chi connectivity index (χ0) is 15.5. The molecule has 0 amide bonds. The Balaban J connectivity index is 1.98. The molecular formula is C18H16O3S. The van der Waals surface area contributed by atoms with Crippen LogP contribution in [0.5, 0.6) is 5.75 Å². The van der Waals surface area contributed by atoms with Crippen molar-refractivity contribution in [2.75, 3.05) is 5.75 Å². The van der Waals surface area contributed by atoms with Crippen LogP contribution in [-0.4, -0.2) is 10.9 Å². The van der Waals surface area contributed by atoms with E-state index in [1.165, 1.54) is 4.90 Å². The molecule has 0 aliphatic heterocycles. The largest absolute Gasteiger partial charge is 0.507 e. The topological polar surface area (TPSA) is 50.4 Å². The van der Waals surface area contributed by atoms with Gasteiger partial charge in [-0.2, -0.15) is 0 Å². The summed E-state index contributed by atoms with van der Waals surface area (Å²) in [7, 11) is 0. The Labute approximate surface area is 132 Å². The van der Waals surface area contributed by atoms with Gasteiger partial charge in [-0.1, -0.05) is 31.2 Å². The van der Waals surface area contributed by atoms with Crippen molar-refractivity contribution in [1.29, 1.82) is 0 Å². The molecule has 112 valence electrons. The summed E-state index contributed by atoms with van der Waals surface area (Å²) >= 11 is 1.77. The molecule has 0 saturated carbocycles. The summed E-state index contributed by atoms with van der Waals surface area (Å²) in [6.45, 7) is 2.11. The van der Waals surface area contributed by atoms with E-state index in [9.17, 15) is 9.90 Å². The van der Waals surface area contributed by atoms with E-state index in [0.717, 1.165) is 11.3 Å². The number of hydrogen-bond acceptors (Lipinski definition) is 4. The lowest BCUT2D eigenvalue weighted by Gasteiger charge is -2.07. The van der Waals surface area contributed by atoms with Gasteiger partial charge in [0.15, 0.2) is 0 Å². The number of rotatable bonds is 4. The highest BCUT2D eigenvalue weighted by Crippen LogP contribution is 2.28. The van der Waals surface area contributed by atoms with Crippen LogP contribution in [0.4, 0.5) is 0 Å². The van der Waals surface area contributed by atoms with E-state index in [-0.39, 0.29) is 5.75 Å². The minimum Gasteiger partial charge on any atom is -0.507 e. The zero-order valence-corrected chi connectivity index (χ0v) is 13.0. The summed E-state index contributed by atoms with van der Waals surface area (Å²) in [6.07, 6.45) is 0.357. The van der Waals surface area contributed by atoms with Gasteiger partial charge in [0.05, 0.1) is 10.9 Å². The average molecular weight is 312 g/mol. The molecule has 0 aliphatic carbocycles. The van der Waals surface area contributed by atoms with Crippen LogP contribution < -0.4 is 5.63 Å². The smallest absolute Gasteiger partial charge is 0.343 e. The minimum atomic E-state index is -0.483. The molecule has 3 rings (SSSR count). The van der Waals surface area contributed by atoms with Gasteiger partial charge >= 0.3 is 5.63 Å². The van der Waals surface area contributed by atoms with Gasteiger partial charge in [-0.05, 0) is 35.6 Å². The molecule has 22 heavy (non-hydrogen) atoms. The molecule has 1 heterocycles. The van der Waals surface area contributed by atoms with E-state index in [1.54, 1.807) is 30.0 Å². The molecule has 0 atom stereocenters. The summed E-state index contributed by atoms with van der Waals surface area (Å²) in [5.41, 5.74) is 1.19. The van der Waals surface area contributed by atoms with Gasteiger partial charge in [-0.15, -0.1) is 11.8 Å². The molecule has 3 aromatic rings. The maximum Gasteiger partial charge on any atom is 0.343 e. The maximum atomic E-state index is 12.1. The summed E-state index contributed by atoms with van der Waals surface area (Å²) < 4.78 is 5.29. The predicted molar refractivity (Wildman–Crippen MR) is 89.8 cm³/mol. The molecule has 4 heteroatoms. The van der Waals surface area contributed by atoms with Gasteiger partial charge in [0, 0.05) is 11.3 Å². The zero-order valence-electron chi connectivity index (χ0n) is 12.2. The second-order valence-corrected chi connectivity index (χ2v) is 6.30. The quantitative estimate of drug-likeness (QED) is 0.579. The fourth-order valence-electron chi connectivity index (χ4n) is 2.40. The molecule has 0 spiro atoms. The predicted octanol–water partition coefficient (Wildman–Crippen LogP) is 4.20. The Bertz CT molecular complexity index is 850. The molecule has 1 aromatic heterocycles. The molecule has 3 nitrogen and oxygen atoms in total. The molecule has 0 fully saturated rings. The third kappa shape index (κ3) is 2.88.